The summed E-state index contributed by atoms with van der Waals surface area (Å²) in [7, 11) is 3.55. The van der Waals surface area contributed by atoms with Crippen LogP contribution in [-0.2, 0) is 9.53 Å². The number of carbonyl (C=O) groups excluding carboxylic acids is 2. The molecule has 26 heavy (non-hydrogen) atoms. The Hall–Kier alpha value is -2.08. The SMILES string of the molecule is CC1CN([C@H](C(=O)N(C)C)c2ccccc2)CCN1C(=O)OC(C)(C)C. The van der Waals surface area contributed by atoms with Gasteiger partial charge < -0.3 is 14.5 Å². The van der Waals surface area contributed by atoms with Gasteiger partial charge in [0, 0.05) is 39.8 Å². The fourth-order valence-corrected chi connectivity index (χ4v) is 3.20. The number of likely N-dealkylation sites (N-methyl/N-ethyl adjacent to an activating group) is 1. The summed E-state index contributed by atoms with van der Waals surface area (Å²) in [6, 6.07) is 9.45. The van der Waals surface area contributed by atoms with E-state index in [9.17, 15) is 9.59 Å². The first-order chi connectivity index (χ1) is 12.1. The van der Waals surface area contributed by atoms with E-state index >= 15 is 0 Å². The topological polar surface area (TPSA) is 53.1 Å². The maximum Gasteiger partial charge on any atom is 0.410 e. The molecule has 6 heteroatoms. The van der Waals surface area contributed by atoms with Crippen molar-refractivity contribution >= 4 is 12.0 Å². The average Bonchev–Trinajstić information content (AvgIpc) is 2.54. The maximum atomic E-state index is 12.8. The molecule has 1 saturated heterocycles. The van der Waals surface area contributed by atoms with E-state index in [2.05, 4.69) is 4.90 Å². The van der Waals surface area contributed by atoms with Crippen LogP contribution >= 0.6 is 0 Å². The highest BCUT2D eigenvalue weighted by molar-refractivity contribution is 5.83. The minimum Gasteiger partial charge on any atom is -0.444 e. The van der Waals surface area contributed by atoms with E-state index in [4.69, 9.17) is 4.74 Å². The quantitative estimate of drug-likeness (QED) is 0.831. The van der Waals surface area contributed by atoms with Crippen molar-refractivity contribution in [1.29, 1.82) is 0 Å². The molecule has 0 radical (unpaired) electrons. The van der Waals surface area contributed by atoms with Gasteiger partial charge in [0.1, 0.15) is 11.6 Å². The molecular weight excluding hydrogens is 330 g/mol. The van der Waals surface area contributed by atoms with Crippen LogP contribution in [0.5, 0.6) is 0 Å². The van der Waals surface area contributed by atoms with Gasteiger partial charge >= 0.3 is 6.09 Å². The zero-order valence-electron chi connectivity index (χ0n) is 16.7. The van der Waals surface area contributed by atoms with Crippen LogP contribution in [0.25, 0.3) is 0 Å². The summed E-state index contributed by atoms with van der Waals surface area (Å²) in [6.07, 6.45) is -0.292. The molecular formula is C20H31N3O3. The molecule has 0 aromatic heterocycles. The number of benzene rings is 1. The molecule has 144 valence electrons. The molecule has 1 fully saturated rings. The van der Waals surface area contributed by atoms with E-state index in [0.29, 0.717) is 19.6 Å². The van der Waals surface area contributed by atoms with Crippen molar-refractivity contribution in [3.63, 3.8) is 0 Å². The summed E-state index contributed by atoms with van der Waals surface area (Å²) in [4.78, 5) is 30.8. The predicted molar refractivity (Wildman–Crippen MR) is 102 cm³/mol. The number of ether oxygens (including phenoxy) is 1. The van der Waals surface area contributed by atoms with Crippen molar-refractivity contribution in [3.05, 3.63) is 35.9 Å². The molecule has 1 aromatic rings. The number of carbonyl (C=O) groups is 2. The molecule has 0 bridgehead atoms. The molecule has 1 aromatic carbocycles. The van der Waals surface area contributed by atoms with Gasteiger partial charge in [-0.15, -0.1) is 0 Å². The highest BCUT2D eigenvalue weighted by Gasteiger charge is 2.36. The van der Waals surface area contributed by atoms with Crippen molar-refractivity contribution in [2.75, 3.05) is 33.7 Å². The molecule has 6 nitrogen and oxygen atoms in total. The molecule has 1 unspecified atom stereocenters. The molecule has 0 spiro atoms. The summed E-state index contributed by atoms with van der Waals surface area (Å²) < 4.78 is 5.51. The Morgan fingerprint density at radius 1 is 1.15 bits per heavy atom. The third-order valence-electron chi connectivity index (χ3n) is 4.44. The Morgan fingerprint density at radius 2 is 1.77 bits per heavy atom. The van der Waals surface area contributed by atoms with Gasteiger partial charge in [0.2, 0.25) is 5.91 Å². The smallest absolute Gasteiger partial charge is 0.410 e. The second-order valence-electron chi connectivity index (χ2n) is 8.06. The number of amides is 2. The van der Waals surface area contributed by atoms with E-state index in [0.717, 1.165) is 5.56 Å². The Balaban J connectivity index is 2.15. The lowest BCUT2D eigenvalue weighted by molar-refractivity contribution is -0.135. The highest BCUT2D eigenvalue weighted by atomic mass is 16.6. The van der Waals surface area contributed by atoms with Crippen LogP contribution < -0.4 is 0 Å². The van der Waals surface area contributed by atoms with Crippen molar-refractivity contribution < 1.29 is 14.3 Å². The Labute approximate surface area is 156 Å². The van der Waals surface area contributed by atoms with Crippen molar-refractivity contribution in [2.45, 2.75) is 45.4 Å². The molecule has 1 aliphatic heterocycles. The second-order valence-corrected chi connectivity index (χ2v) is 8.06. The van der Waals surface area contributed by atoms with Crippen molar-refractivity contribution in [1.82, 2.24) is 14.7 Å². The normalized spacial score (nSPS) is 19.8. The lowest BCUT2D eigenvalue weighted by Crippen LogP contribution is -2.57. The van der Waals surface area contributed by atoms with E-state index in [-0.39, 0.29) is 24.1 Å². The summed E-state index contributed by atoms with van der Waals surface area (Å²) in [5, 5.41) is 0. The third kappa shape index (κ3) is 4.97. The van der Waals surface area contributed by atoms with Crippen LogP contribution in [-0.4, -0.2) is 72.1 Å². The van der Waals surface area contributed by atoms with E-state index in [1.165, 1.54) is 0 Å². The van der Waals surface area contributed by atoms with Gasteiger partial charge in [-0.3, -0.25) is 9.69 Å². The van der Waals surface area contributed by atoms with Crippen molar-refractivity contribution in [2.24, 2.45) is 0 Å². The fraction of sp³-hybridized carbons (Fsp3) is 0.600. The zero-order valence-corrected chi connectivity index (χ0v) is 16.7. The molecule has 1 aliphatic rings. The van der Waals surface area contributed by atoms with Gasteiger partial charge in [0.25, 0.3) is 0 Å². The molecule has 0 N–H and O–H groups in total. The second kappa shape index (κ2) is 8.08. The number of hydrogen-bond acceptors (Lipinski definition) is 4. The van der Waals surface area contributed by atoms with Gasteiger partial charge in [-0.05, 0) is 33.3 Å². The fourth-order valence-electron chi connectivity index (χ4n) is 3.20. The Bertz CT molecular complexity index is 625. The van der Waals surface area contributed by atoms with E-state index in [1.807, 2.05) is 58.0 Å². The van der Waals surface area contributed by atoms with Gasteiger partial charge in [0.05, 0.1) is 0 Å². The summed E-state index contributed by atoms with van der Waals surface area (Å²) in [5.74, 6) is 0.0501. The molecule has 2 amide bonds. The predicted octanol–water partition coefficient (Wildman–Crippen LogP) is 2.76. The standard InChI is InChI=1S/C20H31N3O3/c1-15-14-22(12-13-23(15)19(25)26-20(2,3)4)17(18(24)21(5)6)16-10-8-7-9-11-16/h7-11,15,17H,12-14H2,1-6H3/t15?,17-/m0/s1. The molecule has 1 heterocycles. The van der Waals surface area contributed by atoms with Crippen LogP contribution in [0.15, 0.2) is 30.3 Å². The monoisotopic (exact) mass is 361 g/mol. The first-order valence-electron chi connectivity index (χ1n) is 9.10. The van der Waals surface area contributed by atoms with Crippen molar-refractivity contribution in [3.8, 4) is 0 Å². The van der Waals surface area contributed by atoms with Crippen LogP contribution in [0.2, 0.25) is 0 Å². The van der Waals surface area contributed by atoms with Gasteiger partial charge in [-0.25, -0.2) is 4.79 Å². The average molecular weight is 361 g/mol. The Morgan fingerprint density at radius 3 is 2.27 bits per heavy atom. The van der Waals surface area contributed by atoms with Crippen LogP contribution in [0.1, 0.15) is 39.3 Å². The van der Waals surface area contributed by atoms with E-state index in [1.54, 1.807) is 23.9 Å². The van der Waals surface area contributed by atoms with Gasteiger partial charge in [0.15, 0.2) is 0 Å². The summed E-state index contributed by atoms with van der Waals surface area (Å²) >= 11 is 0. The lowest BCUT2D eigenvalue weighted by atomic mass is 10.0. The molecule has 2 rings (SSSR count). The summed E-state index contributed by atoms with van der Waals surface area (Å²) in [5.41, 5.74) is 0.464. The molecule has 2 atom stereocenters. The van der Waals surface area contributed by atoms with Crippen LogP contribution in [0, 0.1) is 0 Å². The van der Waals surface area contributed by atoms with Crippen LogP contribution in [0.4, 0.5) is 4.79 Å². The first kappa shape index (κ1) is 20.2. The van der Waals surface area contributed by atoms with Crippen LogP contribution in [0.3, 0.4) is 0 Å². The number of hydrogen-bond donors (Lipinski definition) is 0. The van der Waals surface area contributed by atoms with E-state index < -0.39 is 5.60 Å². The minimum absolute atomic E-state index is 0.0280. The lowest BCUT2D eigenvalue weighted by Gasteiger charge is -2.43. The zero-order chi connectivity index (χ0) is 19.5. The number of rotatable bonds is 3. The number of nitrogens with zero attached hydrogens (tertiary/aromatic N) is 3. The minimum atomic E-state index is -0.512. The molecule has 0 saturated carbocycles. The van der Waals surface area contributed by atoms with Gasteiger partial charge in [-0.2, -0.15) is 0 Å². The Kier molecular flexibility index (Phi) is 6.29. The third-order valence-corrected chi connectivity index (χ3v) is 4.44. The highest BCUT2D eigenvalue weighted by Crippen LogP contribution is 2.26. The number of piperazine rings is 1. The largest absolute Gasteiger partial charge is 0.444 e. The first-order valence-corrected chi connectivity index (χ1v) is 9.10. The van der Waals surface area contributed by atoms with Gasteiger partial charge in [-0.1, -0.05) is 30.3 Å². The maximum absolute atomic E-state index is 12.8. The molecule has 0 aliphatic carbocycles. The summed E-state index contributed by atoms with van der Waals surface area (Å²) in [6.45, 7) is 9.40.